The van der Waals surface area contributed by atoms with Crippen LogP contribution in [0.2, 0.25) is 0 Å². The first-order valence-corrected chi connectivity index (χ1v) is 9.11. The molecule has 0 amide bonds. The molecule has 0 spiro atoms. The van der Waals surface area contributed by atoms with E-state index < -0.39 is 5.54 Å². The Morgan fingerprint density at radius 1 is 0.739 bits per heavy atom. The molecule has 0 aromatic rings. The van der Waals surface area contributed by atoms with Crippen molar-refractivity contribution in [3.05, 3.63) is 0 Å². The fraction of sp³-hybridized carbons (Fsp3) is 1.00. The van der Waals surface area contributed by atoms with Gasteiger partial charge in [-0.15, -0.1) is 0 Å². The zero-order valence-electron chi connectivity index (χ0n) is 14.6. The van der Waals surface area contributed by atoms with Gasteiger partial charge in [0.05, 0.1) is 0 Å². The Bertz CT molecular complexity index is 261. The second-order valence-electron chi connectivity index (χ2n) is 6.72. The molecule has 2 unspecified atom stereocenters. The Morgan fingerprint density at radius 2 is 1.35 bits per heavy atom. The van der Waals surface area contributed by atoms with Gasteiger partial charge in [-0.25, -0.2) is 0 Å². The van der Waals surface area contributed by atoms with Crippen molar-refractivity contribution in [3.8, 4) is 0 Å². The van der Waals surface area contributed by atoms with Crippen LogP contribution in [0.5, 0.6) is 0 Å². The highest BCUT2D eigenvalue weighted by Crippen LogP contribution is 2.30. The predicted octanol–water partition coefficient (Wildman–Crippen LogP) is 0.464. The molecule has 0 aromatic carbocycles. The molecule has 0 radical (unpaired) electrons. The van der Waals surface area contributed by atoms with Crippen LogP contribution in [0.3, 0.4) is 0 Å². The van der Waals surface area contributed by atoms with Crippen LogP contribution in [0.4, 0.5) is 0 Å². The predicted molar refractivity (Wildman–Crippen MR) is 94.9 cm³/mol. The van der Waals surface area contributed by atoms with Gasteiger partial charge >= 0.3 is 0 Å². The Hall–Kier alpha value is -0.240. The average Bonchev–Trinajstić information content (AvgIpc) is 2.51. The van der Waals surface area contributed by atoms with Gasteiger partial charge in [0.2, 0.25) is 0 Å². The zero-order valence-corrected chi connectivity index (χ0v) is 14.6. The highest BCUT2D eigenvalue weighted by atomic mass is 16.3. The van der Waals surface area contributed by atoms with Crippen LogP contribution in [0.1, 0.15) is 64.2 Å². The van der Waals surface area contributed by atoms with Crippen molar-refractivity contribution >= 4 is 0 Å². The molecule has 0 saturated carbocycles. The van der Waals surface area contributed by atoms with Crippen molar-refractivity contribution in [3.63, 3.8) is 0 Å². The third-order valence-electron chi connectivity index (χ3n) is 4.85. The minimum Gasteiger partial charge on any atom is -0.396 e. The quantitative estimate of drug-likeness (QED) is 0.227. The normalized spacial score (nSPS) is 14.9. The van der Waals surface area contributed by atoms with Gasteiger partial charge < -0.3 is 32.5 Å². The van der Waals surface area contributed by atoms with Crippen molar-refractivity contribution in [2.75, 3.05) is 26.4 Å². The van der Waals surface area contributed by atoms with Crippen LogP contribution in [-0.4, -0.2) is 53.3 Å². The molecule has 0 heterocycles. The molecule has 6 heteroatoms. The Morgan fingerprint density at radius 3 is 1.87 bits per heavy atom. The lowest BCUT2D eigenvalue weighted by Gasteiger charge is -2.37. The van der Waals surface area contributed by atoms with Gasteiger partial charge in [-0.3, -0.25) is 0 Å². The lowest BCUT2D eigenvalue weighted by atomic mass is 9.75. The summed E-state index contributed by atoms with van der Waals surface area (Å²) in [5, 5.41) is 27.8. The molecule has 0 aliphatic heterocycles. The summed E-state index contributed by atoms with van der Waals surface area (Å²) in [7, 11) is 0. The maximum Gasteiger partial charge on any atom is 0.0448 e. The zero-order chi connectivity index (χ0) is 17.6. The first-order chi connectivity index (χ1) is 11.0. The van der Waals surface area contributed by atoms with Crippen molar-refractivity contribution in [2.45, 2.75) is 75.8 Å². The summed E-state index contributed by atoms with van der Waals surface area (Å²) in [6, 6.07) is 0.199. The van der Waals surface area contributed by atoms with Crippen LogP contribution in [0, 0.1) is 5.92 Å². The smallest absolute Gasteiger partial charge is 0.0448 e. The molecule has 2 atom stereocenters. The summed E-state index contributed by atoms with van der Waals surface area (Å²) in [6.07, 6.45) is 8.60. The van der Waals surface area contributed by atoms with Gasteiger partial charge in [0.1, 0.15) is 0 Å². The van der Waals surface area contributed by atoms with Crippen LogP contribution in [0.15, 0.2) is 0 Å². The second-order valence-corrected chi connectivity index (χ2v) is 6.72. The average molecular weight is 334 g/mol. The molecule has 0 aliphatic rings. The van der Waals surface area contributed by atoms with E-state index in [1.165, 1.54) is 0 Å². The number of hydrogen-bond donors (Lipinski definition) is 6. The maximum atomic E-state index is 9.30. The monoisotopic (exact) mass is 333 g/mol. The summed E-state index contributed by atoms with van der Waals surface area (Å²) in [4.78, 5) is 0. The number of aliphatic hydroxyl groups is 3. The summed E-state index contributed by atoms with van der Waals surface area (Å²) in [6.45, 7) is 0.816. The number of unbranched alkanes of at least 4 members (excludes halogenated alkanes) is 2. The van der Waals surface area contributed by atoms with Gasteiger partial charge in [-0.1, -0.05) is 19.3 Å². The Balaban J connectivity index is 4.25. The fourth-order valence-electron chi connectivity index (χ4n) is 3.32. The van der Waals surface area contributed by atoms with Gasteiger partial charge in [-0.05, 0) is 57.4 Å². The third kappa shape index (κ3) is 10.3. The van der Waals surface area contributed by atoms with E-state index in [0.717, 1.165) is 51.5 Å². The molecule has 9 N–H and O–H groups in total. The highest BCUT2D eigenvalue weighted by molar-refractivity contribution is 4.91. The molecule has 0 bridgehead atoms. The highest BCUT2D eigenvalue weighted by Gasteiger charge is 2.33. The van der Waals surface area contributed by atoms with Crippen LogP contribution >= 0.6 is 0 Å². The molecule has 23 heavy (non-hydrogen) atoms. The van der Waals surface area contributed by atoms with Crippen molar-refractivity contribution < 1.29 is 15.3 Å². The fourth-order valence-corrected chi connectivity index (χ4v) is 3.32. The Labute approximate surface area is 141 Å². The number of rotatable bonds is 16. The molecule has 0 saturated heterocycles. The molecular formula is C17H39N3O3. The van der Waals surface area contributed by atoms with Gasteiger partial charge in [0, 0.05) is 31.4 Å². The SMILES string of the molecule is NCCCCCC(N)CCCC(CCO)C(N)(CCO)CCO. The second kappa shape index (κ2) is 14.1. The molecule has 0 aliphatic carbocycles. The largest absolute Gasteiger partial charge is 0.396 e. The van der Waals surface area contributed by atoms with E-state index >= 15 is 0 Å². The molecule has 0 fully saturated rings. The van der Waals surface area contributed by atoms with Crippen LogP contribution < -0.4 is 17.2 Å². The number of nitrogens with two attached hydrogens (primary N) is 3. The summed E-state index contributed by atoms with van der Waals surface area (Å²) in [5.41, 5.74) is 17.4. The van der Waals surface area contributed by atoms with Crippen LogP contribution in [-0.2, 0) is 0 Å². The van der Waals surface area contributed by atoms with Gasteiger partial charge in [0.25, 0.3) is 0 Å². The minimum absolute atomic E-state index is 0.000907. The maximum absolute atomic E-state index is 9.30. The lowest BCUT2D eigenvalue weighted by molar-refractivity contribution is 0.116. The molecule has 0 aromatic heterocycles. The molecule has 6 nitrogen and oxygen atoms in total. The van der Waals surface area contributed by atoms with E-state index in [2.05, 4.69) is 0 Å². The van der Waals surface area contributed by atoms with E-state index in [1.807, 2.05) is 0 Å². The summed E-state index contributed by atoms with van der Waals surface area (Å²) < 4.78 is 0. The third-order valence-corrected chi connectivity index (χ3v) is 4.85. The van der Waals surface area contributed by atoms with E-state index in [0.29, 0.717) is 19.3 Å². The van der Waals surface area contributed by atoms with E-state index in [9.17, 15) is 15.3 Å². The van der Waals surface area contributed by atoms with E-state index in [4.69, 9.17) is 17.2 Å². The molecular weight excluding hydrogens is 294 g/mol. The summed E-state index contributed by atoms with van der Waals surface area (Å²) >= 11 is 0. The topological polar surface area (TPSA) is 139 Å². The van der Waals surface area contributed by atoms with Crippen molar-refractivity contribution in [2.24, 2.45) is 23.1 Å². The Kier molecular flexibility index (Phi) is 14.0. The lowest BCUT2D eigenvalue weighted by Crippen LogP contribution is -2.49. The van der Waals surface area contributed by atoms with E-state index in [1.54, 1.807) is 0 Å². The van der Waals surface area contributed by atoms with E-state index in [-0.39, 0.29) is 31.8 Å². The molecule has 0 rings (SSSR count). The van der Waals surface area contributed by atoms with Crippen molar-refractivity contribution in [1.29, 1.82) is 0 Å². The minimum atomic E-state index is -0.614. The number of aliphatic hydroxyl groups excluding tert-OH is 3. The molecule has 140 valence electrons. The first kappa shape index (κ1) is 22.8. The summed E-state index contributed by atoms with van der Waals surface area (Å²) in [5.74, 6) is 0.0937. The van der Waals surface area contributed by atoms with Crippen molar-refractivity contribution in [1.82, 2.24) is 0 Å². The van der Waals surface area contributed by atoms with Gasteiger partial charge in [0.15, 0.2) is 0 Å². The van der Waals surface area contributed by atoms with Gasteiger partial charge in [-0.2, -0.15) is 0 Å². The number of hydrogen-bond acceptors (Lipinski definition) is 6. The standard InChI is InChI=1S/C17H39N3O3/c18-11-3-1-2-6-16(19)7-4-5-15(8-12-21)17(20,9-13-22)10-14-23/h15-16,21-23H,1-14,18-20H2. The van der Waals surface area contributed by atoms with Crippen LogP contribution in [0.25, 0.3) is 0 Å². The first-order valence-electron chi connectivity index (χ1n) is 9.11.